The van der Waals surface area contributed by atoms with Gasteiger partial charge in [0.2, 0.25) is 0 Å². The Kier molecular flexibility index (Phi) is 5.33. The second kappa shape index (κ2) is 7.22. The van der Waals surface area contributed by atoms with E-state index in [1.165, 1.54) is 23.0 Å². The van der Waals surface area contributed by atoms with E-state index < -0.39 is 0 Å². The summed E-state index contributed by atoms with van der Waals surface area (Å²) in [6.07, 6.45) is 3.38. The lowest BCUT2D eigenvalue weighted by atomic mass is 10.2. The van der Waals surface area contributed by atoms with Crippen LogP contribution in [0.25, 0.3) is 0 Å². The van der Waals surface area contributed by atoms with Crippen molar-refractivity contribution in [2.24, 2.45) is 0 Å². The minimum Gasteiger partial charge on any atom is -0.378 e. The SMILES string of the molecule is CCCCn1ncc(NCc2cccc(F)c2)c(Cl)c1=O. The maximum Gasteiger partial charge on any atom is 0.287 e. The van der Waals surface area contributed by atoms with E-state index in [0.717, 1.165) is 18.4 Å². The average Bonchev–Trinajstić information content (AvgIpc) is 2.48. The molecular formula is C15H17ClFN3O. The standard InChI is InChI=1S/C15H17ClFN3O/c1-2-3-7-20-15(21)14(16)13(10-19-20)18-9-11-5-4-6-12(17)8-11/h4-6,8,10,18H,2-3,7,9H2,1H3. The number of halogens is 2. The Labute approximate surface area is 127 Å². The van der Waals surface area contributed by atoms with Crippen LogP contribution in [-0.2, 0) is 13.1 Å². The molecule has 0 unspecified atom stereocenters. The number of hydrogen-bond donors (Lipinski definition) is 1. The lowest BCUT2D eigenvalue weighted by molar-refractivity contribution is 0.543. The molecule has 0 amide bonds. The maximum absolute atomic E-state index is 13.1. The quantitative estimate of drug-likeness (QED) is 0.889. The van der Waals surface area contributed by atoms with Gasteiger partial charge in [-0.25, -0.2) is 9.07 Å². The van der Waals surface area contributed by atoms with Crippen LogP contribution in [0.2, 0.25) is 5.02 Å². The Morgan fingerprint density at radius 3 is 2.95 bits per heavy atom. The van der Waals surface area contributed by atoms with E-state index in [4.69, 9.17) is 11.6 Å². The van der Waals surface area contributed by atoms with Crippen LogP contribution in [0.5, 0.6) is 0 Å². The molecule has 2 rings (SSSR count). The Hall–Kier alpha value is -1.88. The molecule has 1 aromatic heterocycles. The first-order valence-electron chi connectivity index (χ1n) is 6.85. The Morgan fingerprint density at radius 2 is 2.24 bits per heavy atom. The van der Waals surface area contributed by atoms with Gasteiger partial charge in [-0.15, -0.1) is 0 Å². The molecule has 0 aliphatic heterocycles. The van der Waals surface area contributed by atoms with Crippen molar-refractivity contribution in [2.45, 2.75) is 32.9 Å². The molecule has 1 N–H and O–H groups in total. The Bertz CT molecular complexity index is 672. The van der Waals surface area contributed by atoms with E-state index >= 15 is 0 Å². The van der Waals surface area contributed by atoms with E-state index in [0.29, 0.717) is 18.8 Å². The summed E-state index contributed by atoms with van der Waals surface area (Å²) in [5.74, 6) is -0.298. The van der Waals surface area contributed by atoms with Crippen LogP contribution in [0.1, 0.15) is 25.3 Å². The van der Waals surface area contributed by atoms with E-state index in [-0.39, 0.29) is 16.4 Å². The molecule has 112 valence electrons. The first-order chi connectivity index (χ1) is 10.1. The van der Waals surface area contributed by atoms with E-state index in [1.54, 1.807) is 12.1 Å². The zero-order valence-electron chi connectivity index (χ0n) is 11.8. The van der Waals surface area contributed by atoms with Crippen LogP contribution in [0.4, 0.5) is 10.1 Å². The number of rotatable bonds is 6. The minimum absolute atomic E-state index is 0.109. The maximum atomic E-state index is 13.1. The minimum atomic E-state index is -0.311. The number of hydrogen-bond acceptors (Lipinski definition) is 3. The second-order valence-corrected chi connectivity index (χ2v) is 5.12. The van der Waals surface area contributed by atoms with Crippen LogP contribution >= 0.6 is 11.6 Å². The van der Waals surface area contributed by atoms with E-state index in [9.17, 15) is 9.18 Å². The number of unbranched alkanes of at least 4 members (excludes halogenated alkanes) is 1. The van der Waals surface area contributed by atoms with Gasteiger partial charge in [0.15, 0.2) is 0 Å². The number of aromatic nitrogens is 2. The zero-order valence-corrected chi connectivity index (χ0v) is 12.5. The highest BCUT2D eigenvalue weighted by molar-refractivity contribution is 6.32. The molecule has 0 saturated heterocycles. The van der Waals surface area contributed by atoms with Crippen LogP contribution in [0, 0.1) is 5.82 Å². The number of nitrogens with one attached hydrogen (secondary N) is 1. The molecule has 0 radical (unpaired) electrons. The molecule has 6 heteroatoms. The monoisotopic (exact) mass is 309 g/mol. The molecule has 0 spiro atoms. The van der Waals surface area contributed by atoms with Gasteiger partial charge in [0.05, 0.1) is 11.9 Å². The fraction of sp³-hybridized carbons (Fsp3) is 0.333. The van der Waals surface area contributed by atoms with Crippen molar-refractivity contribution in [1.29, 1.82) is 0 Å². The van der Waals surface area contributed by atoms with Gasteiger partial charge < -0.3 is 5.32 Å². The van der Waals surface area contributed by atoms with Gasteiger partial charge >= 0.3 is 0 Å². The third-order valence-corrected chi connectivity index (χ3v) is 3.45. The molecule has 0 aliphatic rings. The summed E-state index contributed by atoms with van der Waals surface area (Å²) in [7, 11) is 0. The Balaban J connectivity index is 2.10. The molecule has 0 fully saturated rings. The molecule has 0 saturated carbocycles. The molecule has 21 heavy (non-hydrogen) atoms. The topological polar surface area (TPSA) is 46.9 Å². The molecule has 4 nitrogen and oxygen atoms in total. The van der Waals surface area contributed by atoms with Gasteiger partial charge in [0.1, 0.15) is 10.8 Å². The highest BCUT2D eigenvalue weighted by Crippen LogP contribution is 2.16. The van der Waals surface area contributed by atoms with Crippen LogP contribution in [0.15, 0.2) is 35.3 Å². The number of nitrogens with zero attached hydrogens (tertiary/aromatic N) is 2. The van der Waals surface area contributed by atoms with Crippen molar-refractivity contribution < 1.29 is 4.39 Å². The molecule has 2 aromatic rings. The third kappa shape index (κ3) is 4.04. The summed E-state index contributed by atoms with van der Waals surface area (Å²) < 4.78 is 14.4. The Morgan fingerprint density at radius 1 is 1.43 bits per heavy atom. The van der Waals surface area contributed by atoms with Gasteiger partial charge in [0, 0.05) is 13.1 Å². The fourth-order valence-corrected chi connectivity index (χ4v) is 2.11. The summed E-state index contributed by atoms with van der Waals surface area (Å²) >= 11 is 6.06. The summed E-state index contributed by atoms with van der Waals surface area (Å²) in [6.45, 7) is 2.97. The van der Waals surface area contributed by atoms with Crippen molar-refractivity contribution in [3.05, 3.63) is 57.2 Å². The van der Waals surface area contributed by atoms with Crippen LogP contribution < -0.4 is 10.9 Å². The summed E-state index contributed by atoms with van der Waals surface area (Å²) in [5.41, 5.74) is 0.911. The third-order valence-electron chi connectivity index (χ3n) is 3.08. The highest BCUT2D eigenvalue weighted by atomic mass is 35.5. The van der Waals surface area contributed by atoms with Gasteiger partial charge in [-0.05, 0) is 24.1 Å². The first-order valence-corrected chi connectivity index (χ1v) is 7.23. The fourth-order valence-electron chi connectivity index (χ4n) is 1.90. The molecular weight excluding hydrogens is 293 g/mol. The average molecular weight is 310 g/mol. The van der Waals surface area contributed by atoms with Gasteiger partial charge in [-0.3, -0.25) is 4.79 Å². The van der Waals surface area contributed by atoms with Crippen molar-refractivity contribution >= 4 is 17.3 Å². The smallest absolute Gasteiger partial charge is 0.287 e. The van der Waals surface area contributed by atoms with E-state index in [1.807, 2.05) is 6.92 Å². The van der Waals surface area contributed by atoms with Crippen LogP contribution in [0.3, 0.4) is 0 Å². The number of benzene rings is 1. The summed E-state index contributed by atoms with van der Waals surface area (Å²) in [5, 5.41) is 7.20. The first kappa shape index (κ1) is 15.5. The van der Waals surface area contributed by atoms with Gasteiger partial charge in [-0.2, -0.15) is 5.10 Å². The predicted octanol–water partition coefficient (Wildman–Crippen LogP) is 3.45. The number of aryl methyl sites for hydroxylation is 1. The van der Waals surface area contributed by atoms with Crippen molar-refractivity contribution in [3.8, 4) is 0 Å². The van der Waals surface area contributed by atoms with E-state index in [2.05, 4.69) is 10.4 Å². The summed E-state index contributed by atoms with van der Waals surface area (Å²) in [6, 6.07) is 6.23. The molecule has 0 aliphatic carbocycles. The largest absolute Gasteiger partial charge is 0.378 e. The summed E-state index contributed by atoms with van der Waals surface area (Å²) in [4.78, 5) is 12.0. The van der Waals surface area contributed by atoms with Crippen LogP contribution in [-0.4, -0.2) is 9.78 Å². The zero-order chi connectivity index (χ0) is 15.2. The lowest BCUT2D eigenvalue weighted by Crippen LogP contribution is -2.24. The lowest BCUT2D eigenvalue weighted by Gasteiger charge is -2.10. The predicted molar refractivity (Wildman–Crippen MR) is 82.1 cm³/mol. The molecule has 1 aromatic carbocycles. The second-order valence-electron chi connectivity index (χ2n) is 4.74. The molecule has 0 bridgehead atoms. The normalized spacial score (nSPS) is 10.6. The van der Waals surface area contributed by atoms with Gasteiger partial charge in [-0.1, -0.05) is 37.1 Å². The van der Waals surface area contributed by atoms with Crippen molar-refractivity contribution in [1.82, 2.24) is 9.78 Å². The van der Waals surface area contributed by atoms with Gasteiger partial charge in [0.25, 0.3) is 5.56 Å². The molecule has 1 heterocycles. The van der Waals surface area contributed by atoms with Crippen molar-refractivity contribution in [3.63, 3.8) is 0 Å². The van der Waals surface area contributed by atoms with Crippen molar-refractivity contribution in [2.75, 3.05) is 5.32 Å². The number of anilines is 1. The highest BCUT2D eigenvalue weighted by Gasteiger charge is 2.08. The molecule has 0 atom stereocenters.